The molecule has 1 heterocycles. The number of hydrogen-bond acceptors (Lipinski definition) is 4. The number of carbonyl (C=O) groups is 1. The van der Waals surface area contributed by atoms with Crippen molar-refractivity contribution in [1.29, 1.82) is 0 Å². The van der Waals surface area contributed by atoms with Crippen LogP contribution in [0.1, 0.15) is 64.7 Å². The Hall–Kier alpha value is -2.17. The van der Waals surface area contributed by atoms with Crippen LogP contribution in [0.4, 0.5) is 5.95 Å². The fourth-order valence-corrected chi connectivity index (χ4v) is 4.77. The van der Waals surface area contributed by atoms with Crippen molar-refractivity contribution in [2.75, 3.05) is 11.4 Å². The van der Waals surface area contributed by atoms with E-state index >= 15 is 0 Å². The van der Waals surface area contributed by atoms with E-state index in [9.17, 15) is 4.79 Å². The Morgan fingerprint density at radius 2 is 1.81 bits per heavy atom. The van der Waals surface area contributed by atoms with Crippen LogP contribution in [-0.4, -0.2) is 27.6 Å². The Bertz CT molecular complexity index is 792. The van der Waals surface area contributed by atoms with Gasteiger partial charge in [-0.25, -0.2) is 14.8 Å². The molecule has 0 aliphatic heterocycles. The number of likely N-dealkylation sites (N-methyl/N-ethyl adjacent to an activating group) is 1. The highest BCUT2D eigenvalue weighted by Gasteiger charge is 2.54. The average Bonchev–Trinajstić information content (AvgIpc) is 2.60. The largest absolute Gasteiger partial charge is 0.478 e. The molecule has 1 fully saturated rings. The minimum atomic E-state index is -1.01. The van der Waals surface area contributed by atoms with Gasteiger partial charge in [-0.3, -0.25) is 0 Å². The standard InChI is InChI=1S/C22H31N3O2/c1-7-25(19-23-13-15(14-24-19)18(26)27)16-8-9-17-20(2,3)10-11-21(4,5)22(17,6)12-16/h8-9,12-14,17H,7,10-11H2,1-6H3,(H,26,27). The van der Waals surface area contributed by atoms with Gasteiger partial charge in [0.1, 0.15) is 0 Å². The van der Waals surface area contributed by atoms with Gasteiger partial charge in [0.15, 0.2) is 0 Å². The summed E-state index contributed by atoms with van der Waals surface area (Å²) in [5, 5.41) is 9.07. The van der Waals surface area contributed by atoms with Gasteiger partial charge < -0.3 is 10.0 Å². The molecule has 0 spiro atoms. The highest BCUT2D eigenvalue weighted by Crippen LogP contribution is 2.62. The number of aromatic nitrogens is 2. The van der Waals surface area contributed by atoms with Crippen LogP contribution in [0.25, 0.3) is 0 Å². The third-order valence-corrected chi connectivity index (χ3v) is 7.00. The first-order valence-corrected chi connectivity index (χ1v) is 9.76. The molecule has 1 aromatic rings. The summed E-state index contributed by atoms with van der Waals surface area (Å²) in [6.45, 7) is 14.7. The topological polar surface area (TPSA) is 66.3 Å². The Morgan fingerprint density at radius 3 is 2.37 bits per heavy atom. The molecule has 27 heavy (non-hydrogen) atoms. The number of anilines is 1. The van der Waals surface area contributed by atoms with Crippen molar-refractivity contribution in [1.82, 2.24) is 9.97 Å². The zero-order valence-corrected chi connectivity index (χ0v) is 17.3. The molecule has 5 nitrogen and oxygen atoms in total. The third kappa shape index (κ3) is 3.17. The summed E-state index contributed by atoms with van der Waals surface area (Å²) in [4.78, 5) is 21.7. The lowest BCUT2D eigenvalue weighted by atomic mass is 9.46. The molecule has 3 rings (SSSR count). The zero-order valence-electron chi connectivity index (χ0n) is 17.3. The molecule has 2 unspecified atom stereocenters. The molecule has 0 radical (unpaired) electrons. The smallest absolute Gasteiger partial charge is 0.338 e. The molecule has 2 atom stereocenters. The molecule has 1 N–H and O–H groups in total. The number of carboxylic acid groups (broad SMARTS) is 1. The summed E-state index contributed by atoms with van der Waals surface area (Å²) >= 11 is 0. The summed E-state index contributed by atoms with van der Waals surface area (Å²) in [6, 6.07) is 0. The maximum atomic E-state index is 11.1. The van der Waals surface area contributed by atoms with Crippen LogP contribution in [0.2, 0.25) is 0 Å². The van der Waals surface area contributed by atoms with Gasteiger partial charge >= 0.3 is 5.97 Å². The predicted octanol–water partition coefficient (Wildman–Crippen LogP) is 4.92. The molecule has 0 aromatic carbocycles. The van der Waals surface area contributed by atoms with Gasteiger partial charge in [0, 0.05) is 24.6 Å². The van der Waals surface area contributed by atoms with Crippen LogP contribution in [0.15, 0.2) is 36.3 Å². The van der Waals surface area contributed by atoms with Crippen molar-refractivity contribution in [3.05, 3.63) is 41.9 Å². The van der Waals surface area contributed by atoms with E-state index < -0.39 is 5.97 Å². The number of nitrogens with zero attached hydrogens (tertiary/aromatic N) is 3. The van der Waals surface area contributed by atoms with Crippen LogP contribution in [0.5, 0.6) is 0 Å². The van der Waals surface area contributed by atoms with Gasteiger partial charge in [-0.1, -0.05) is 46.8 Å². The second kappa shape index (κ2) is 6.47. The van der Waals surface area contributed by atoms with Gasteiger partial charge in [0.25, 0.3) is 0 Å². The Morgan fingerprint density at radius 1 is 1.19 bits per heavy atom. The van der Waals surface area contributed by atoms with E-state index in [0.717, 1.165) is 5.70 Å². The van der Waals surface area contributed by atoms with Crippen molar-refractivity contribution in [2.24, 2.45) is 22.2 Å². The SMILES string of the molecule is CCN(C1=CC2(C)C(C=C1)C(C)(C)CCC2(C)C)c1ncc(C(=O)O)cn1. The maximum Gasteiger partial charge on any atom is 0.338 e. The van der Waals surface area contributed by atoms with Crippen LogP contribution in [-0.2, 0) is 0 Å². The van der Waals surface area contributed by atoms with Crippen molar-refractivity contribution >= 4 is 11.9 Å². The minimum absolute atomic E-state index is 0.0350. The van der Waals surface area contributed by atoms with Gasteiger partial charge in [0.2, 0.25) is 5.95 Å². The minimum Gasteiger partial charge on any atom is -0.478 e. The molecule has 146 valence electrons. The summed E-state index contributed by atoms with van der Waals surface area (Å²) in [6.07, 6.45) is 12.1. The van der Waals surface area contributed by atoms with E-state index in [2.05, 4.69) is 74.6 Å². The highest BCUT2D eigenvalue weighted by molar-refractivity contribution is 5.86. The van der Waals surface area contributed by atoms with Gasteiger partial charge in [-0.05, 0) is 48.0 Å². The Kier molecular flexibility index (Phi) is 4.69. The van der Waals surface area contributed by atoms with E-state index in [0.29, 0.717) is 18.4 Å². The number of rotatable bonds is 4. The predicted molar refractivity (Wildman–Crippen MR) is 108 cm³/mol. The second-order valence-electron chi connectivity index (χ2n) is 9.38. The zero-order chi connectivity index (χ0) is 20.0. The van der Waals surface area contributed by atoms with E-state index in [1.54, 1.807) is 0 Å². The number of aromatic carboxylic acids is 1. The molecule has 0 saturated heterocycles. The lowest BCUT2D eigenvalue weighted by Crippen LogP contribution is -2.51. The summed E-state index contributed by atoms with van der Waals surface area (Å²) in [5.41, 5.74) is 1.68. The normalized spacial score (nSPS) is 28.2. The van der Waals surface area contributed by atoms with E-state index in [1.807, 2.05) is 0 Å². The molecular weight excluding hydrogens is 338 g/mol. The molecule has 1 saturated carbocycles. The third-order valence-electron chi connectivity index (χ3n) is 7.00. The average molecular weight is 370 g/mol. The lowest BCUT2D eigenvalue weighted by molar-refractivity contribution is -0.0397. The number of allylic oxidation sites excluding steroid dienone is 3. The summed E-state index contributed by atoms with van der Waals surface area (Å²) < 4.78 is 0. The molecule has 5 heteroatoms. The number of fused-ring (bicyclic) bond motifs is 1. The first-order valence-electron chi connectivity index (χ1n) is 9.76. The quantitative estimate of drug-likeness (QED) is 0.815. The summed E-state index contributed by atoms with van der Waals surface area (Å²) in [5.74, 6) is 0.00255. The highest BCUT2D eigenvalue weighted by atomic mass is 16.4. The molecule has 0 bridgehead atoms. The van der Waals surface area contributed by atoms with Crippen molar-refractivity contribution in [3.63, 3.8) is 0 Å². The van der Waals surface area contributed by atoms with Gasteiger partial charge in [0.05, 0.1) is 5.56 Å². The molecule has 0 amide bonds. The Balaban J connectivity index is 2.01. The van der Waals surface area contributed by atoms with E-state index in [4.69, 9.17) is 5.11 Å². The van der Waals surface area contributed by atoms with Crippen molar-refractivity contribution < 1.29 is 9.90 Å². The fourth-order valence-electron chi connectivity index (χ4n) is 4.77. The van der Waals surface area contributed by atoms with Crippen LogP contribution < -0.4 is 4.90 Å². The van der Waals surface area contributed by atoms with Crippen molar-refractivity contribution in [2.45, 2.75) is 54.4 Å². The van der Waals surface area contributed by atoms with E-state index in [-0.39, 0.29) is 21.8 Å². The molecule has 2 aliphatic carbocycles. The monoisotopic (exact) mass is 369 g/mol. The molecular formula is C22H31N3O2. The molecule has 2 aliphatic rings. The van der Waals surface area contributed by atoms with Crippen LogP contribution in [0, 0.1) is 22.2 Å². The van der Waals surface area contributed by atoms with Gasteiger partial charge in [-0.2, -0.15) is 0 Å². The van der Waals surface area contributed by atoms with Crippen LogP contribution in [0.3, 0.4) is 0 Å². The number of carboxylic acids is 1. The first-order chi connectivity index (χ1) is 12.5. The fraction of sp³-hybridized carbons (Fsp3) is 0.591. The van der Waals surface area contributed by atoms with E-state index in [1.165, 1.54) is 25.2 Å². The second-order valence-corrected chi connectivity index (χ2v) is 9.38. The van der Waals surface area contributed by atoms with Crippen molar-refractivity contribution in [3.8, 4) is 0 Å². The Labute approximate surface area is 162 Å². The maximum absolute atomic E-state index is 11.1. The van der Waals surface area contributed by atoms with Crippen LogP contribution >= 0.6 is 0 Å². The molecule has 1 aromatic heterocycles. The van der Waals surface area contributed by atoms with Gasteiger partial charge in [-0.15, -0.1) is 0 Å². The lowest BCUT2D eigenvalue weighted by Gasteiger charge is -2.59. The number of hydrogen-bond donors (Lipinski definition) is 1. The first kappa shape index (κ1) is 19.6. The summed E-state index contributed by atoms with van der Waals surface area (Å²) in [7, 11) is 0.